The average Bonchev–Trinajstić information content (AvgIpc) is 2.90. The number of piperidine rings is 1. The quantitative estimate of drug-likeness (QED) is 0.802. The third kappa shape index (κ3) is 2.47. The molecule has 3 heterocycles. The van der Waals surface area contributed by atoms with Crippen LogP contribution in [0.3, 0.4) is 0 Å². The Labute approximate surface area is 150 Å². The van der Waals surface area contributed by atoms with E-state index in [1.54, 1.807) is 0 Å². The van der Waals surface area contributed by atoms with E-state index in [1.807, 2.05) is 24.3 Å². The first-order chi connectivity index (χ1) is 12.5. The van der Waals surface area contributed by atoms with Gasteiger partial charge in [-0.1, -0.05) is 0 Å². The largest absolute Gasteiger partial charge is 0.384 e. The SMILES string of the molecule is CC1CCCCN1c1ccc(-n2c(N)c3c(cc2=O)C(=O)NC3=O)cc1. The zero-order valence-electron chi connectivity index (χ0n) is 14.5. The maximum atomic E-state index is 12.5. The second kappa shape index (κ2) is 6.01. The van der Waals surface area contributed by atoms with Gasteiger partial charge in [0.05, 0.1) is 16.8 Å². The van der Waals surface area contributed by atoms with Gasteiger partial charge < -0.3 is 10.6 Å². The molecule has 0 aliphatic carbocycles. The normalized spacial score (nSPS) is 19.4. The van der Waals surface area contributed by atoms with Crippen LogP contribution in [0, 0.1) is 0 Å². The number of anilines is 2. The number of hydrogen-bond acceptors (Lipinski definition) is 5. The number of hydrogen-bond donors (Lipinski definition) is 2. The van der Waals surface area contributed by atoms with Gasteiger partial charge >= 0.3 is 0 Å². The van der Waals surface area contributed by atoms with Gasteiger partial charge in [0.25, 0.3) is 17.4 Å². The zero-order chi connectivity index (χ0) is 18.4. The Morgan fingerprint density at radius 1 is 1.04 bits per heavy atom. The van der Waals surface area contributed by atoms with Crippen LogP contribution in [0.1, 0.15) is 46.9 Å². The molecule has 0 radical (unpaired) electrons. The fourth-order valence-electron chi connectivity index (χ4n) is 3.82. The zero-order valence-corrected chi connectivity index (χ0v) is 14.5. The van der Waals surface area contributed by atoms with Crippen LogP contribution in [0.25, 0.3) is 5.69 Å². The highest BCUT2D eigenvalue weighted by Gasteiger charge is 2.31. The van der Waals surface area contributed by atoms with Gasteiger partial charge in [0, 0.05) is 24.3 Å². The molecular weight excluding hydrogens is 332 g/mol. The van der Waals surface area contributed by atoms with Crippen molar-refractivity contribution in [3.8, 4) is 5.69 Å². The van der Waals surface area contributed by atoms with Gasteiger partial charge in [-0.05, 0) is 50.5 Å². The van der Waals surface area contributed by atoms with Crippen molar-refractivity contribution in [1.82, 2.24) is 9.88 Å². The van der Waals surface area contributed by atoms with Crippen molar-refractivity contribution in [2.75, 3.05) is 17.2 Å². The lowest BCUT2D eigenvalue weighted by Gasteiger charge is -2.35. The van der Waals surface area contributed by atoms with E-state index < -0.39 is 17.4 Å². The lowest BCUT2D eigenvalue weighted by molar-refractivity contribution is 0.0880. The Morgan fingerprint density at radius 2 is 1.73 bits per heavy atom. The number of carbonyl (C=O) groups excluding carboxylic acids is 2. The number of imide groups is 1. The van der Waals surface area contributed by atoms with E-state index >= 15 is 0 Å². The molecule has 7 heteroatoms. The summed E-state index contributed by atoms with van der Waals surface area (Å²) in [6, 6.07) is 9.19. The van der Waals surface area contributed by atoms with E-state index in [2.05, 4.69) is 17.1 Å². The van der Waals surface area contributed by atoms with Crippen molar-refractivity contribution in [2.45, 2.75) is 32.2 Å². The first-order valence-electron chi connectivity index (χ1n) is 8.75. The lowest BCUT2D eigenvalue weighted by Crippen LogP contribution is -2.37. The summed E-state index contributed by atoms with van der Waals surface area (Å²) in [5.41, 5.74) is 7.38. The summed E-state index contributed by atoms with van der Waals surface area (Å²) < 4.78 is 1.26. The number of nitrogen functional groups attached to an aromatic ring is 1. The van der Waals surface area contributed by atoms with Gasteiger partial charge in [0.1, 0.15) is 5.82 Å². The van der Waals surface area contributed by atoms with E-state index in [-0.39, 0.29) is 16.9 Å². The van der Waals surface area contributed by atoms with Crippen molar-refractivity contribution >= 4 is 23.3 Å². The number of nitrogens with zero attached hydrogens (tertiary/aromatic N) is 2. The highest BCUT2D eigenvalue weighted by atomic mass is 16.2. The molecule has 1 aromatic heterocycles. The van der Waals surface area contributed by atoms with Gasteiger partial charge in [-0.2, -0.15) is 0 Å². The molecule has 26 heavy (non-hydrogen) atoms. The summed E-state index contributed by atoms with van der Waals surface area (Å²) in [6.07, 6.45) is 3.59. The van der Waals surface area contributed by atoms with Crippen molar-refractivity contribution in [3.05, 3.63) is 51.8 Å². The molecule has 1 fully saturated rings. The third-order valence-corrected chi connectivity index (χ3v) is 5.20. The minimum Gasteiger partial charge on any atom is -0.384 e. The maximum Gasteiger partial charge on any atom is 0.262 e. The standard InChI is InChI=1S/C19H20N4O3/c1-11-4-2-3-9-22(11)12-5-7-13(8-6-12)23-15(24)10-14-16(17(23)20)19(26)21-18(14)25/h5-8,10-11H,2-4,9,20H2,1H3,(H,21,25,26). The molecule has 1 aromatic carbocycles. The van der Waals surface area contributed by atoms with Crippen LogP contribution in [0.15, 0.2) is 35.1 Å². The molecule has 3 N–H and O–H groups in total. The van der Waals surface area contributed by atoms with Gasteiger partial charge in [-0.3, -0.25) is 24.3 Å². The minimum atomic E-state index is -0.588. The number of fused-ring (bicyclic) bond motifs is 1. The van der Waals surface area contributed by atoms with Crippen LogP contribution in [0.4, 0.5) is 11.5 Å². The van der Waals surface area contributed by atoms with Crippen LogP contribution < -0.4 is 21.5 Å². The lowest BCUT2D eigenvalue weighted by atomic mass is 10.0. The Kier molecular flexibility index (Phi) is 3.79. The molecule has 0 spiro atoms. The maximum absolute atomic E-state index is 12.5. The molecule has 7 nitrogen and oxygen atoms in total. The number of aromatic nitrogens is 1. The van der Waals surface area contributed by atoms with E-state index in [9.17, 15) is 14.4 Å². The smallest absolute Gasteiger partial charge is 0.262 e. The number of nitrogens with one attached hydrogen (secondary N) is 1. The predicted molar refractivity (Wildman–Crippen MR) is 98.9 cm³/mol. The number of nitrogens with two attached hydrogens (primary N) is 1. The van der Waals surface area contributed by atoms with Crippen molar-refractivity contribution in [1.29, 1.82) is 0 Å². The molecule has 2 aliphatic heterocycles. The Hall–Kier alpha value is -3.09. The van der Waals surface area contributed by atoms with E-state index in [1.165, 1.54) is 23.8 Å². The van der Waals surface area contributed by atoms with Gasteiger partial charge in [0.15, 0.2) is 0 Å². The minimum absolute atomic E-state index is 0.0186. The molecule has 4 rings (SSSR count). The third-order valence-electron chi connectivity index (χ3n) is 5.20. The summed E-state index contributed by atoms with van der Waals surface area (Å²) in [6.45, 7) is 3.23. The van der Waals surface area contributed by atoms with E-state index in [0.717, 1.165) is 18.3 Å². The molecule has 1 saturated heterocycles. The number of pyridine rings is 1. The topological polar surface area (TPSA) is 97.4 Å². The molecule has 0 saturated carbocycles. The highest BCUT2D eigenvalue weighted by Crippen LogP contribution is 2.27. The molecule has 134 valence electrons. The highest BCUT2D eigenvalue weighted by molar-refractivity contribution is 6.23. The van der Waals surface area contributed by atoms with E-state index in [0.29, 0.717) is 11.7 Å². The van der Waals surface area contributed by atoms with Crippen LogP contribution in [-0.4, -0.2) is 29.0 Å². The number of benzene rings is 1. The first-order valence-corrected chi connectivity index (χ1v) is 8.75. The number of amides is 2. The predicted octanol–water partition coefficient (Wildman–Crippen LogP) is 1.68. The second-order valence-electron chi connectivity index (χ2n) is 6.83. The second-order valence-corrected chi connectivity index (χ2v) is 6.83. The molecule has 1 atom stereocenters. The van der Waals surface area contributed by atoms with Gasteiger partial charge in [0.2, 0.25) is 0 Å². The summed E-state index contributed by atoms with van der Waals surface area (Å²) in [7, 11) is 0. The van der Waals surface area contributed by atoms with Crippen molar-refractivity contribution in [3.63, 3.8) is 0 Å². The summed E-state index contributed by atoms with van der Waals surface area (Å²) in [4.78, 5) is 38.5. The molecule has 0 bridgehead atoms. The van der Waals surface area contributed by atoms with Crippen molar-refractivity contribution < 1.29 is 9.59 Å². The average molecular weight is 352 g/mol. The van der Waals surface area contributed by atoms with Crippen LogP contribution in [-0.2, 0) is 0 Å². The van der Waals surface area contributed by atoms with Crippen LogP contribution in [0.5, 0.6) is 0 Å². The summed E-state index contributed by atoms with van der Waals surface area (Å²) in [5, 5.41) is 2.17. The van der Waals surface area contributed by atoms with Crippen molar-refractivity contribution in [2.24, 2.45) is 0 Å². The number of carbonyl (C=O) groups is 2. The summed E-state index contributed by atoms with van der Waals surface area (Å²) in [5.74, 6) is -1.18. The Bertz CT molecular complexity index is 962. The molecule has 2 aromatic rings. The van der Waals surface area contributed by atoms with Crippen LogP contribution >= 0.6 is 0 Å². The first kappa shape index (κ1) is 16.4. The van der Waals surface area contributed by atoms with Gasteiger partial charge in [-0.25, -0.2) is 0 Å². The fourth-order valence-corrected chi connectivity index (χ4v) is 3.82. The monoisotopic (exact) mass is 352 g/mol. The molecule has 2 amide bonds. The van der Waals surface area contributed by atoms with E-state index in [4.69, 9.17) is 5.73 Å². The Morgan fingerprint density at radius 3 is 2.42 bits per heavy atom. The molecule has 2 aliphatic rings. The Balaban J connectivity index is 1.75. The molecular formula is C19H20N4O3. The number of rotatable bonds is 2. The fraction of sp³-hybridized carbons (Fsp3) is 0.316. The van der Waals surface area contributed by atoms with Crippen LogP contribution in [0.2, 0.25) is 0 Å². The summed E-state index contributed by atoms with van der Waals surface area (Å²) >= 11 is 0. The molecule has 1 unspecified atom stereocenters. The van der Waals surface area contributed by atoms with Gasteiger partial charge in [-0.15, -0.1) is 0 Å².